The molecule has 2 aliphatic heterocycles. The molecule has 3 nitrogen and oxygen atoms in total. The molecule has 0 aliphatic carbocycles. The highest BCUT2D eigenvalue weighted by molar-refractivity contribution is 5.83. The molecule has 1 unspecified atom stereocenters. The van der Waals surface area contributed by atoms with Crippen LogP contribution in [0.4, 0.5) is 0 Å². The fraction of sp³-hybridized carbons (Fsp3) is 0.500. The summed E-state index contributed by atoms with van der Waals surface area (Å²) in [6.45, 7) is 11.9. The number of nitrogens with zero attached hydrogens (tertiary/aromatic N) is 3. The van der Waals surface area contributed by atoms with E-state index in [1.54, 1.807) is 11.1 Å². The first-order valence-electron chi connectivity index (χ1n) is 12.1. The van der Waals surface area contributed by atoms with Crippen LogP contribution in [0.5, 0.6) is 0 Å². The van der Waals surface area contributed by atoms with Crippen molar-refractivity contribution in [1.29, 1.82) is 0 Å². The zero-order valence-electron chi connectivity index (χ0n) is 19.5. The summed E-state index contributed by atoms with van der Waals surface area (Å²) in [5, 5.41) is 1.43. The maximum Gasteiger partial charge on any atom is 0.0480 e. The van der Waals surface area contributed by atoms with E-state index in [1.165, 1.54) is 86.0 Å². The van der Waals surface area contributed by atoms with Crippen molar-refractivity contribution in [3.63, 3.8) is 0 Å². The van der Waals surface area contributed by atoms with Gasteiger partial charge in [-0.1, -0.05) is 30.3 Å². The number of hydrogen-bond donors (Lipinski definition) is 0. The number of aryl methyl sites for hydroxylation is 4. The smallest absolute Gasteiger partial charge is 0.0480 e. The average molecular weight is 416 g/mol. The van der Waals surface area contributed by atoms with Crippen molar-refractivity contribution in [3.8, 4) is 0 Å². The molecule has 0 saturated carbocycles. The largest absolute Gasteiger partial charge is 0.350 e. The highest BCUT2D eigenvalue weighted by atomic mass is 15.2. The van der Waals surface area contributed by atoms with Gasteiger partial charge in [0, 0.05) is 50.3 Å². The molecule has 2 aromatic carbocycles. The Morgan fingerprint density at radius 3 is 2.65 bits per heavy atom. The summed E-state index contributed by atoms with van der Waals surface area (Å²) in [7, 11) is 2.17. The summed E-state index contributed by atoms with van der Waals surface area (Å²) in [5.41, 5.74) is 8.90. The lowest BCUT2D eigenvalue weighted by Crippen LogP contribution is -2.35. The van der Waals surface area contributed by atoms with Gasteiger partial charge in [-0.15, -0.1) is 0 Å². The van der Waals surface area contributed by atoms with E-state index < -0.39 is 0 Å². The van der Waals surface area contributed by atoms with Gasteiger partial charge in [0.15, 0.2) is 0 Å². The number of likely N-dealkylation sites (tertiary alicyclic amines) is 1. The quantitative estimate of drug-likeness (QED) is 0.554. The summed E-state index contributed by atoms with van der Waals surface area (Å²) in [5.74, 6) is 0.839. The lowest BCUT2D eigenvalue weighted by Gasteiger charge is -2.31. The molecule has 0 amide bonds. The van der Waals surface area contributed by atoms with Gasteiger partial charge in [-0.2, -0.15) is 0 Å². The van der Waals surface area contributed by atoms with Gasteiger partial charge in [-0.3, -0.25) is 4.90 Å². The van der Waals surface area contributed by atoms with Gasteiger partial charge in [0.25, 0.3) is 0 Å². The van der Waals surface area contributed by atoms with Crippen molar-refractivity contribution in [1.82, 2.24) is 14.4 Å². The Bertz CT molecular complexity index is 1060. The van der Waals surface area contributed by atoms with E-state index in [0.717, 1.165) is 12.5 Å². The van der Waals surface area contributed by atoms with E-state index in [0.29, 0.717) is 0 Å². The second-order valence-corrected chi connectivity index (χ2v) is 10.0. The van der Waals surface area contributed by atoms with Crippen molar-refractivity contribution < 1.29 is 0 Å². The molecule has 5 rings (SSSR count). The first-order chi connectivity index (χ1) is 15.1. The van der Waals surface area contributed by atoms with Crippen LogP contribution in [0.15, 0.2) is 42.6 Å². The molecule has 1 atom stereocenters. The molecule has 1 aromatic heterocycles. The minimum Gasteiger partial charge on any atom is -0.350 e. The fourth-order valence-corrected chi connectivity index (χ4v) is 5.82. The number of rotatable bonds is 6. The zero-order valence-corrected chi connectivity index (χ0v) is 19.5. The predicted octanol–water partition coefficient (Wildman–Crippen LogP) is 5.11. The Morgan fingerprint density at radius 1 is 0.968 bits per heavy atom. The van der Waals surface area contributed by atoms with Crippen LogP contribution < -0.4 is 0 Å². The van der Waals surface area contributed by atoms with Crippen molar-refractivity contribution in [2.24, 2.45) is 13.0 Å². The lowest BCUT2D eigenvalue weighted by molar-refractivity contribution is 0.210. The molecule has 0 radical (unpaired) electrons. The van der Waals surface area contributed by atoms with Crippen molar-refractivity contribution >= 4 is 10.9 Å². The Hall–Kier alpha value is -2.10. The summed E-state index contributed by atoms with van der Waals surface area (Å²) in [6, 6.07) is 13.7. The Kier molecular flexibility index (Phi) is 5.90. The van der Waals surface area contributed by atoms with E-state index >= 15 is 0 Å². The van der Waals surface area contributed by atoms with E-state index in [9.17, 15) is 0 Å². The zero-order chi connectivity index (χ0) is 21.4. The van der Waals surface area contributed by atoms with Gasteiger partial charge < -0.3 is 9.47 Å². The molecule has 3 heteroatoms. The molecule has 164 valence electrons. The number of benzene rings is 2. The molecule has 2 aliphatic rings. The predicted molar refractivity (Wildman–Crippen MR) is 131 cm³/mol. The number of fused-ring (bicyclic) bond motifs is 2. The van der Waals surface area contributed by atoms with Gasteiger partial charge in [0.05, 0.1) is 0 Å². The fourth-order valence-electron chi connectivity index (χ4n) is 5.82. The standard InChI is InChI=1S/C28H37N3/c1-21-15-24-11-14-31(20-26(24)16-22(21)2)18-23-10-13-30(17-23)12-6-7-25-19-29(3)28-9-5-4-8-27(25)28/h4-5,8-9,15-16,19,23H,6-7,10-14,17-18,20H2,1-3H3. The maximum atomic E-state index is 2.71. The van der Waals surface area contributed by atoms with Crippen molar-refractivity contribution in [2.75, 3.05) is 32.7 Å². The minimum atomic E-state index is 0.839. The molecule has 0 bridgehead atoms. The highest BCUT2D eigenvalue weighted by Gasteiger charge is 2.26. The normalized spacial score (nSPS) is 19.9. The van der Waals surface area contributed by atoms with Gasteiger partial charge in [-0.25, -0.2) is 0 Å². The second kappa shape index (κ2) is 8.80. The average Bonchev–Trinajstić information content (AvgIpc) is 3.34. The maximum absolute atomic E-state index is 2.71. The summed E-state index contributed by atoms with van der Waals surface area (Å²) < 4.78 is 2.27. The monoisotopic (exact) mass is 415 g/mol. The molecule has 0 spiro atoms. The van der Waals surface area contributed by atoms with Gasteiger partial charge in [0.1, 0.15) is 0 Å². The lowest BCUT2D eigenvalue weighted by atomic mass is 9.94. The third-order valence-electron chi connectivity index (χ3n) is 7.69. The molecule has 3 aromatic rings. The Balaban J connectivity index is 1.10. The molecule has 1 fully saturated rings. The molecular weight excluding hydrogens is 378 g/mol. The van der Waals surface area contributed by atoms with Crippen LogP contribution in [0.1, 0.15) is 40.7 Å². The van der Waals surface area contributed by atoms with Gasteiger partial charge in [0.2, 0.25) is 0 Å². The topological polar surface area (TPSA) is 11.4 Å². The highest BCUT2D eigenvalue weighted by Crippen LogP contribution is 2.26. The molecular formula is C28H37N3. The molecule has 0 N–H and O–H groups in total. The molecule has 31 heavy (non-hydrogen) atoms. The van der Waals surface area contributed by atoms with E-state index in [-0.39, 0.29) is 0 Å². The SMILES string of the molecule is Cc1cc2c(cc1C)CN(CC1CCN(CCCc3cn(C)c4ccccc34)C1)CC2. The third kappa shape index (κ3) is 4.44. The van der Waals surface area contributed by atoms with Crippen LogP contribution in [-0.2, 0) is 26.4 Å². The minimum absolute atomic E-state index is 0.839. The summed E-state index contributed by atoms with van der Waals surface area (Å²) in [4.78, 5) is 5.42. The van der Waals surface area contributed by atoms with E-state index in [2.05, 4.69) is 77.9 Å². The number of hydrogen-bond acceptors (Lipinski definition) is 2. The van der Waals surface area contributed by atoms with E-state index in [1.807, 2.05) is 0 Å². The Morgan fingerprint density at radius 2 is 1.77 bits per heavy atom. The molecule has 1 saturated heterocycles. The van der Waals surface area contributed by atoms with Gasteiger partial charge >= 0.3 is 0 Å². The van der Waals surface area contributed by atoms with Crippen molar-refractivity contribution in [3.05, 3.63) is 70.4 Å². The van der Waals surface area contributed by atoms with Crippen LogP contribution >= 0.6 is 0 Å². The summed E-state index contributed by atoms with van der Waals surface area (Å²) >= 11 is 0. The molecule has 3 heterocycles. The number of aromatic nitrogens is 1. The van der Waals surface area contributed by atoms with E-state index in [4.69, 9.17) is 0 Å². The third-order valence-corrected chi connectivity index (χ3v) is 7.69. The second-order valence-electron chi connectivity index (χ2n) is 10.0. The van der Waals surface area contributed by atoms with Crippen LogP contribution in [0.3, 0.4) is 0 Å². The number of para-hydroxylation sites is 1. The summed E-state index contributed by atoms with van der Waals surface area (Å²) in [6.07, 6.45) is 7.36. The first kappa shape index (κ1) is 20.8. The van der Waals surface area contributed by atoms with Crippen molar-refractivity contribution in [2.45, 2.75) is 46.1 Å². The Labute approximate surface area is 187 Å². The van der Waals surface area contributed by atoms with Gasteiger partial charge in [-0.05, 0) is 92.4 Å². The van der Waals surface area contributed by atoms with Crippen LogP contribution in [0.2, 0.25) is 0 Å². The van der Waals surface area contributed by atoms with Crippen LogP contribution in [0.25, 0.3) is 10.9 Å². The van der Waals surface area contributed by atoms with Crippen LogP contribution in [0, 0.1) is 19.8 Å². The first-order valence-corrected chi connectivity index (χ1v) is 12.1. The van der Waals surface area contributed by atoms with Crippen LogP contribution in [-0.4, -0.2) is 47.1 Å².